The Kier molecular flexibility index (Phi) is 8.28. The van der Waals surface area contributed by atoms with E-state index in [-0.39, 0.29) is 27.9 Å². The van der Waals surface area contributed by atoms with Crippen molar-refractivity contribution in [2.75, 3.05) is 11.4 Å². The number of rotatable bonds is 9. The van der Waals surface area contributed by atoms with Crippen molar-refractivity contribution in [2.45, 2.75) is 6.42 Å². The van der Waals surface area contributed by atoms with Crippen LogP contribution in [0.15, 0.2) is 243 Å². The number of benzene rings is 10. The first-order valence-corrected chi connectivity index (χ1v) is 25.9. The number of aromatic nitrogens is 5. The Labute approximate surface area is 463 Å². The summed E-state index contributed by atoms with van der Waals surface area (Å²) in [4.78, 5) is 7.25. The van der Waals surface area contributed by atoms with E-state index in [2.05, 4.69) is 83.4 Å². The van der Waals surface area contributed by atoms with Crippen molar-refractivity contribution in [2.24, 2.45) is 0 Å². The minimum atomic E-state index is -0.585. The van der Waals surface area contributed by atoms with Gasteiger partial charge in [-0.25, -0.2) is 0 Å². The second-order valence-corrected chi connectivity index (χ2v) is 19.5. The summed E-state index contributed by atoms with van der Waals surface area (Å²) in [7, 11) is 0. The number of nitrogens with zero attached hydrogens (tertiary/aromatic N) is 6. The third-order valence-corrected chi connectivity index (χ3v) is 15.3. The second-order valence-electron chi connectivity index (χ2n) is 18.5. The van der Waals surface area contributed by atoms with Gasteiger partial charge < -0.3 is 4.90 Å². The number of fused-ring (bicyclic) bond motifs is 8. The van der Waals surface area contributed by atoms with Crippen LogP contribution in [0.5, 0.6) is 11.5 Å². The van der Waals surface area contributed by atoms with Crippen LogP contribution in [-0.2, 0) is 25.8 Å². The molecule has 15 rings (SSSR count). The first-order chi connectivity index (χ1) is 41.8. The van der Waals surface area contributed by atoms with Gasteiger partial charge in [-0.05, 0) is 24.1 Å². The molecular weight excluding hydrogens is 1110 g/mol. The van der Waals surface area contributed by atoms with E-state index in [1.54, 1.807) is 12.1 Å². The fourth-order valence-corrected chi connectivity index (χ4v) is 12.2. The van der Waals surface area contributed by atoms with Gasteiger partial charge in [0.05, 0.1) is 0 Å². The molecule has 0 atom stereocenters. The molecule has 0 unspecified atom stereocenters. The summed E-state index contributed by atoms with van der Waals surface area (Å²) < 4.78 is 107. The summed E-state index contributed by atoms with van der Waals surface area (Å²) in [5, 5.41) is 3.84. The number of imidazole rings is 1. The van der Waals surface area contributed by atoms with E-state index >= 15 is 0 Å². The summed E-state index contributed by atoms with van der Waals surface area (Å²) >= 11 is 2.18. The van der Waals surface area contributed by atoms with Gasteiger partial charge in [0.1, 0.15) is 0 Å². The number of anilines is 2. The molecule has 76 heavy (non-hydrogen) atoms. The van der Waals surface area contributed by atoms with Crippen LogP contribution in [0, 0.1) is 15.9 Å². The van der Waals surface area contributed by atoms with Crippen LogP contribution in [0.3, 0.4) is 0 Å². The molecule has 14 aromatic rings. The Morgan fingerprint density at radius 2 is 1.07 bits per heavy atom. The molecule has 0 bridgehead atoms. The number of hydrogen-bond acceptors (Lipinski definition) is 3. The molecule has 0 radical (unpaired) electrons. The fraction of sp³-hybridized carbons (Fsp3) is 0.0294. The molecule has 1 aliphatic heterocycles. The first-order valence-electron chi connectivity index (χ1n) is 29.7. The zero-order valence-electron chi connectivity index (χ0n) is 50.1. The predicted molar refractivity (Wildman–Crippen MR) is 305 cm³/mol. The molecule has 10 aromatic carbocycles. The van der Waals surface area contributed by atoms with Crippen LogP contribution in [0.2, 0.25) is 0 Å². The van der Waals surface area contributed by atoms with E-state index in [0.29, 0.717) is 37.7 Å². The average Bonchev–Trinajstić information content (AvgIpc) is 1.43. The van der Waals surface area contributed by atoms with Crippen LogP contribution in [0.1, 0.15) is 19.3 Å². The molecule has 5 heterocycles. The van der Waals surface area contributed by atoms with Crippen LogP contribution in [0.4, 0.5) is 11.4 Å². The maximum absolute atomic E-state index is 9.58. The molecule has 7 nitrogen and oxygen atoms in total. The molecular formula is C68H44N6OPt-2. The molecule has 8 heteroatoms. The standard InChI is InChI=1S/C68H44N6O.Pt/c1-3-18-46(19-4-1)58-41-51(73-61-29-12-8-25-54(61)55-26-9-13-30-62(55)73)42-59(47-20-5-2-6-21-47)68(58)72-45-71(64-32-15-16-33-65(64)72)49-23-17-24-52(40-49)75-53-34-35-57-56-27-10-14-31-63(56)74(66(57)44-53)67-43-50(36-38-69-67)70-39-37-48-22-7-11-28-60(48)70;/h1-36,38,41-43H,37,39H2;/q-2;/i1D,2D,3D,4D,5D,6D,18D,19D,20D,21D;. The molecule has 0 spiro atoms. The molecule has 364 valence electrons. The topological polar surface area (TPSA) is 45.1 Å². The number of hydrogen-bond donors (Lipinski definition) is 0. The van der Waals surface area contributed by atoms with Gasteiger partial charge in [-0.1, -0.05) is 30.3 Å². The number of para-hydroxylation sites is 6. The van der Waals surface area contributed by atoms with Crippen molar-refractivity contribution in [3.63, 3.8) is 0 Å². The normalized spacial score (nSPS) is 14.3. The van der Waals surface area contributed by atoms with Gasteiger partial charge in [0.2, 0.25) is 0 Å². The van der Waals surface area contributed by atoms with Gasteiger partial charge in [0.25, 0.3) is 0 Å². The molecule has 0 saturated carbocycles. The quantitative estimate of drug-likeness (QED) is 0.135. The monoisotopic (exact) mass is 1170 g/mol. The molecule has 0 N–H and O–H groups in total. The van der Waals surface area contributed by atoms with E-state index in [0.717, 1.165) is 68.1 Å². The van der Waals surface area contributed by atoms with Gasteiger partial charge in [-0.15, -0.1) is 0 Å². The Morgan fingerprint density at radius 3 is 1.75 bits per heavy atom. The molecule has 0 saturated heterocycles. The number of pyridine rings is 1. The minimum absolute atomic E-state index is 0.141. The van der Waals surface area contributed by atoms with E-state index in [4.69, 9.17) is 17.9 Å². The van der Waals surface area contributed by atoms with Gasteiger partial charge in [0, 0.05) is 24.1 Å². The van der Waals surface area contributed by atoms with Gasteiger partial charge in [-0.2, -0.15) is 0 Å². The summed E-state index contributed by atoms with van der Waals surface area (Å²) in [6.07, 6.45) is 2.80. The third-order valence-electron chi connectivity index (χ3n) is 14.3. The van der Waals surface area contributed by atoms with Gasteiger partial charge >= 0.3 is 382 Å². The number of ether oxygens (including phenoxy) is 1. The van der Waals surface area contributed by atoms with E-state index in [1.165, 1.54) is 11.3 Å². The van der Waals surface area contributed by atoms with Crippen molar-refractivity contribution < 1.29 is 37.8 Å². The Morgan fingerprint density at radius 1 is 0.487 bits per heavy atom. The van der Waals surface area contributed by atoms with Crippen molar-refractivity contribution in [1.29, 1.82) is 0 Å². The molecule has 4 aromatic heterocycles. The molecule has 0 amide bonds. The Hall–Kier alpha value is -9.29. The van der Waals surface area contributed by atoms with Crippen molar-refractivity contribution >= 4 is 66.0 Å². The fourth-order valence-electron chi connectivity index (χ4n) is 11.1. The van der Waals surface area contributed by atoms with Crippen LogP contribution in [-0.4, -0.2) is 29.8 Å². The van der Waals surface area contributed by atoms with E-state index in [1.807, 2.05) is 141 Å². The van der Waals surface area contributed by atoms with Crippen molar-refractivity contribution in [3.05, 3.63) is 264 Å². The van der Waals surface area contributed by atoms with Gasteiger partial charge in [0.15, 0.2) is 0 Å². The molecule has 0 fully saturated rings. The average molecular weight is 1170 g/mol. The zero-order chi connectivity index (χ0) is 59.0. The second kappa shape index (κ2) is 18.0. The first kappa shape index (κ1) is 35.0. The Bertz CT molecular complexity index is 5100. The summed E-state index contributed by atoms with van der Waals surface area (Å²) in [5.74, 6) is 1.52. The zero-order valence-corrected chi connectivity index (χ0v) is 42.4. The van der Waals surface area contributed by atoms with Crippen LogP contribution >= 0.6 is 0 Å². The van der Waals surface area contributed by atoms with E-state index < -0.39 is 60.4 Å². The molecule has 1 aliphatic rings. The summed E-state index contributed by atoms with van der Waals surface area (Å²) in [5.41, 5.74) is 9.20. The molecule has 0 aliphatic carbocycles. The van der Waals surface area contributed by atoms with Crippen LogP contribution in [0.25, 0.3) is 99.8 Å². The van der Waals surface area contributed by atoms with Crippen molar-refractivity contribution in [3.8, 4) is 56.6 Å². The third kappa shape index (κ3) is 7.15. The van der Waals surface area contributed by atoms with E-state index in [9.17, 15) is 5.48 Å². The summed E-state index contributed by atoms with van der Waals surface area (Å²) in [6, 6.07) is 58.7. The van der Waals surface area contributed by atoms with Crippen LogP contribution < -0.4 is 9.64 Å². The van der Waals surface area contributed by atoms with Gasteiger partial charge in [-0.3, -0.25) is 0 Å². The predicted octanol–water partition coefficient (Wildman–Crippen LogP) is 16.5. The SMILES string of the molecule is [2H]c1c([2H])c([2H])c(-c2cc(-n3c4ccccc4c4ccccc43)cc(-c3c([2H])c([2H])c([2H])c([2H])c3[2H])c2-n2[c](=[Pt])n(-c3[c-]c(Oc4[c-]c5c(cc4)c4ccccc4n5-c4cc(N5CCc6ccccc65)ccn4)ccc3)c3ccccc32)c([2H])c1[2H]. The Balaban J connectivity index is 0.938. The van der Waals surface area contributed by atoms with Crippen molar-refractivity contribution in [1.82, 2.24) is 23.3 Å². The maximum atomic E-state index is 9.58. The summed E-state index contributed by atoms with van der Waals surface area (Å²) in [6.45, 7) is 0.859.